The monoisotopic (exact) mass is 758 g/mol. The van der Waals surface area contributed by atoms with Crippen LogP contribution in [0.4, 0.5) is 34.1 Å². The Hall–Kier alpha value is -5.74. The molecule has 2 fully saturated rings. The van der Waals surface area contributed by atoms with Gasteiger partial charge in [0, 0.05) is 74.4 Å². The second kappa shape index (κ2) is 14.6. The average molecular weight is 759 g/mol. The van der Waals surface area contributed by atoms with Crippen LogP contribution in [0.5, 0.6) is 0 Å². The summed E-state index contributed by atoms with van der Waals surface area (Å²) in [5, 5.41) is 5.37. The molecule has 4 aliphatic heterocycles. The van der Waals surface area contributed by atoms with Gasteiger partial charge in [-0.05, 0) is 179 Å². The van der Waals surface area contributed by atoms with E-state index in [1.807, 2.05) is 0 Å². The maximum Gasteiger partial charge on any atom is 0.0447 e. The molecular weight excluding hydrogens is 705 g/mol. The second-order valence-electron chi connectivity index (χ2n) is 17.4. The zero-order valence-electron chi connectivity index (χ0n) is 34.2. The lowest BCUT2D eigenvalue weighted by atomic mass is 9.84. The maximum absolute atomic E-state index is 2.63. The summed E-state index contributed by atoms with van der Waals surface area (Å²) < 4.78 is 0. The highest BCUT2D eigenvalue weighted by Crippen LogP contribution is 2.49. The number of anilines is 6. The molecule has 4 nitrogen and oxygen atoms in total. The number of para-hydroxylation sites is 2. The molecule has 4 aliphatic rings. The second-order valence-corrected chi connectivity index (χ2v) is 17.4. The van der Waals surface area contributed by atoms with Gasteiger partial charge in [0.05, 0.1) is 0 Å². The molecule has 2 saturated heterocycles. The van der Waals surface area contributed by atoms with Gasteiger partial charge in [0.15, 0.2) is 0 Å². The van der Waals surface area contributed by atoms with E-state index >= 15 is 0 Å². The van der Waals surface area contributed by atoms with E-state index in [2.05, 4.69) is 155 Å². The van der Waals surface area contributed by atoms with Crippen LogP contribution in [0.15, 0.2) is 121 Å². The largest absolute Gasteiger partial charge is 0.372 e. The van der Waals surface area contributed by atoms with E-state index in [9.17, 15) is 0 Å². The zero-order chi connectivity index (χ0) is 38.7. The van der Waals surface area contributed by atoms with Gasteiger partial charge in [0.25, 0.3) is 0 Å². The summed E-state index contributed by atoms with van der Waals surface area (Å²) in [4.78, 5) is 10.1. The van der Waals surface area contributed by atoms with Crippen LogP contribution in [0, 0.1) is 0 Å². The first-order chi connectivity index (χ1) is 28.6. The predicted molar refractivity (Wildman–Crippen MR) is 248 cm³/mol. The van der Waals surface area contributed by atoms with E-state index in [0.29, 0.717) is 0 Å². The summed E-state index contributed by atoms with van der Waals surface area (Å²) in [6.07, 6.45) is 11.9. The minimum absolute atomic E-state index is 1.05. The number of aryl methyl sites for hydroxylation is 4. The Morgan fingerprint density at radius 2 is 0.741 bits per heavy atom. The lowest BCUT2D eigenvalue weighted by Gasteiger charge is -2.31. The van der Waals surface area contributed by atoms with Gasteiger partial charge in [-0.2, -0.15) is 0 Å². The van der Waals surface area contributed by atoms with Gasteiger partial charge in [-0.1, -0.05) is 72.8 Å². The molecule has 0 aliphatic carbocycles. The van der Waals surface area contributed by atoms with Gasteiger partial charge >= 0.3 is 0 Å². The first kappa shape index (κ1) is 35.4. The summed E-state index contributed by atoms with van der Waals surface area (Å²) in [5.74, 6) is 0. The van der Waals surface area contributed by atoms with Crippen molar-refractivity contribution < 1.29 is 0 Å². The van der Waals surface area contributed by atoms with Crippen molar-refractivity contribution in [2.24, 2.45) is 0 Å². The molecule has 0 saturated carbocycles. The van der Waals surface area contributed by atoms with Gasteiger partial charge in [0.2, 0.25) is 0 Å². The predicted octanol–water partition coefficient (Wildman–Crippen LogP) is 13.0. The van der Waals surface area contributed by atoms with Gasteiger partial charge in [0.1, 0.15) is 0 Å². The number of hydrogen-bond donors (Lipinski definition) is 0. The summed E-state index contributed by atoms with van der Waals surface area (Å²) >= 11 is 0. The van der Waals surface area contributed by atoms with E-state index in [-0.39, 0.29) is 0 Å². The molecule has 0 amide bonds. The summed E-state index contributed by atoms with van der Waals surface area (Å²) in [6.45, 7) is 4.51. The van der Waals surface area contributed by atoms with Crippen LogP contribution in [-0.4, -0.2) is 40.3 Å². The third-order valence-electron chi connectivity index (χ3n) is 14.0. The minimum Gasteiger partial charge on any atom is -0.372 e. The smallest absolute Gasteiger partial charge is 0.0447 e. The number of fused-ring (bicyclic) bond motifs is 6. The normalized spacial score (nSPS) is 16.7. The van der Waals surface area contributed by atoms with Crippen LogP contribution in [0.1, 0.15) is 60.8 Å². The molecule has 0 N–H and O–H groups in total. The standard InChI is InChI=1S/C54H54N4/c1-55-49-15-7-5-13-37(49)17-19-39-21-23-41(33-51(39)55)53-45-27-25-44(58-31-11-4-12-32-58)36-48(45)54(46-28-26-43(35-47(46)53)57-29-9-3-10-30-57)42-24-22-40-20-18-38-14-6-8-16-50(38)56(2)52(40)34-42/h5-8,13-16,21-28,33-36H,3-4,9-12,17-20,29-32H2,1-2H3. The Morgan fingerprint density at radius 1 is 0.345 bits per heavy atom. The van der Waals surface area contributed by atoms with Crippen molar-refractivity contribution in [1.29, 1.82) is 0 Å². The maximum atomic E-state index is 2.63. The quantitative estimate of drug-likeness (QED) is 0.166. The average Bonchev–Trinajstić information content (AvgIpc) is 3.52. The molecule has 0 atom stereocenters. The summed E-state index contributed by atoms with van der Waals surface area (Å²) in [5.41, 5.74) is 19.0. The molecule has 4 heterocycles. The van der Waals surface area contributed by atoms with Gasteiger partial charge in [-0.15, -0.1) is 0 Å². The molecule has 0 aromatic heterocycles. The third-order valence-corrected chi connectivity index (χ3v) is 14.0. The molecule has 290 valence electrons. The highest BCUT2D eigenvalue weighted by atomic mass is 15.1. The molecule has 0 radical (unpaired) electrons. The molecule has 58 heavy (non-hydrogen) atoms. The summed E-state index contributed by atoms with van der Waals surface area (Å²) in [6, 6.07) is 47.6. The number of piperidine rings is 2. The fourth-order valence-corrected chi connectivity index (χ4v) is 10.9. The molecular formula is C54H54N4. The van der Waals surface area contributed by atoms with Crippen LogP contribution in [0.2, 0.25) is 0 Å². The van der Waals surface area contributed by atoms with Crippen molar-refractivity contribution >= 4 is 55.7 Å². The van der Waals surface area contributed by atoms with Gasteiger partial charge in [-0.3, -0.25) is 0 Å². The Morgan fingerprint density at radius 3 is 1.17 bits per heavy atom. The van der Waals surface area contributed by atoms with E-state index in [1.165, 1.54) is 139 Å². The first-order valence-electron chi connectivity index (χ1n) is 22.0. The Kier molecular flexibility index (Phi) is 8.90. The molecule has 0 spiro atoms. The van der Waals surface area contributed by atoms with Crippen molar-refractivity contribution in [3.63, 3.8) is 0 Å². The van der Waals surface area contributed by atoms with Crippen molar-refractivity contribution in [2.75, 3.05) is 59.9 Å². The Labute approximate surface area is 344 Å². The third kappa shape index (κ3) is 6.03. The highest BCUT2D eigenvalue weighted by molar-refractivity contribution is 6.22. The van der Waals surface area contributed by atoms with E-state index in [4.69, 9.17) is 0 Å². The molecule has 7 aromatic rings. The van der Waals surface area contributed by atoms with Crippen LogP contribution in [0.3, 0.4) is 0 Å². The van der Waals surface area contributed by atoms with Crippen molar-refractivity contribution in [3.05, 3.63) is 144 Å². The Bertz CT molecular complexity index is 2510. The van der Waals surface area contributed by atoms with Gasteiger partial charge in [-0.25, -0.2) is 0 Å². The van der Waals surface area contributed by atoms with E-state index < -0.39 is 0 Å². The molecule has 4 heteroatoms. The van der Waals surface area contributed by atoms with Gasteiger partial charge < -0.3 is 19.6 Å². The number of rotatable bonds is 4. The molecule has 0 unspecified atom stereocenters. The Balaban J connectivity index is 1.18. The topological polar surface area (TPSA) is 13.0 Å². The fraction of sp³-hybridized carbons (Fsp3) is 0.296. The number of nitrogens with zero attached hydrogens (tertiary/aromatic N) is 4. The van der Waals surface area contributed by atoms with Crippen LogP contribution >= 0.6 is 0 Å². The summed E-state index contributed by atoms with van der Waals surface area (Å²) in [7, 11) is 4.53. The van der Waals surface area contributed by atoms with Crippen LogP contribution < -0.4 is 19.6 Å². The molecule has 0 bridgehead atoms. The van der Waals surface area contributed by atoms with Crippen LogP contribution in [0.25, 0.3) is 43.8 Å². The number of hydrogen-bond acceptors (Lipinski definition) is 4. The zero-order valence-corrected chi connectivity index (χ0v) is 34.2. The lowest BCUT2D eigenvalue weighted by Crippen LogP contribution is -2.29. The lowest BCUT2D eigenvalue weighted by molar-refractivity contribution is 0.578. The van der Waals surface area contributed by atoms with E-state index in [0.717, 1.165) is 51.9 Å². The molecule has 11 rings (SSSR count). The number of benzene rings is 7. The van der Waals surface area contributed by atoms with Crippen molar-refractivity contribution in [3.8, 4) is 22.3 Å². The minimum atomic E-state index is 1.05. The van der Waals surface area contributed by atoms with Crippen molar-refractivity contribution in [2.45, 2.75) is 64.2 Å². The van der Waals surface area contributed by atoms with Crippen molar-refractivity contribution in [1.82, 2.24) is 0 Å². The fourth-order valence-electron chi connectivity index (χ4n) is 10.9. The molecule has 7 aromatic carbocycles. The van der Waals surface area contributed by atoms with Crippen LogP contribution in [-0.2, 0) is 25.7 Å². The first-order valence-corrected chi connectivity index (χ1v) is 22.0. The van der Waals surface area contributed by atoms with E-state index in [1.54, 1.807) is 0 Å². The highest BCUT2D eigenvalue weighted by Gasteiger charge is 2.25. The SMILES string of the molecule is CN1c2ccccc2CCc2ccc(-c3c4ccc(N5CCCCC5)cc4c(-c4ccc5c(c4)N(C)c4ccccc4CC5)c4ccc(N5CCCCC5)cc34)cc21.